The van der Waals surface area contributed by atoms with Crippen LogP contribution < -0.4 is 20.7 Å². The zero-order chi connectivity index (χ0) is 26.5. The fourth-order valence-electron chi connectivity index (χ4n) is 4.70. The molecule has 8 heteroatoms. The molecule has 0 bridgehead atoms. The van der Waals surface area contributed by atoms with E-state index in [-0.39, 0.29) is 24.2 Å². The Hall–Kier alpha value is -4.35. The summed E-state index contributed by atoms with van der Waals surface area (Å²) in [6.07, 6.45) is 8.17. The van der Waals surface area contributed by atoms with Gasteiger partial charge in [-0.3, -0.25) is 14.4 Å². The van der Waals surface area contributed by atoms with E-state index in [1.54, 1.807) is 23.1 Å². The summed E-state index contributed by atoms with van der Waals surface area (Å²) in [6, 6.07) is 17.7. The van der Waals surface area contributed by atoms with Crippen molar-refractivity contribution in [1.29, 1.82) is 0 Å². The molecule has 2 aliphatic rings. The first-order chi connectivity index (χ1) is 18.5. The molecule has 0 spiro atoms. The van der Waals surface area contributed by atoms with Crippen LogP contribution in [0.2, 0.25) is 0 Å². The molecular formula is C30H27N3O4S. The molecule has 1 aliphatic carbocycles. The topological polar surface area (TPSA) is 102 Å². The molecular weight excluding hydrogens is 498 g/mol. The van der Waals surface area contributed by atoms with Gasteiger partial charge in [-0.1, -0.05) is 53.8 Å². The molecule has 3 amide bonds. The lowest BCUT2D eigenvalue weighted by Gasteiger charge is -2.21. The molecule has 2 heterocycles. The largest absolute Gasteiger partial charge is 0.482 e. The number of nitrogens with one attached hydrogen (secondary N) is 1. The number of benzene rings is 2. The van der Waals surface area contributed by atoms with Crippen LogP contribution in [0.3, 0.4) is 0 Å². The number of carbonyl (C=O) groups is 3. The first-order valence-corrected chi connectivity index (χ1v) is 13.4. The van der Waals surface area contributed by atoms with Crippen LogP contribution in [0.5, 0.6) is 5.75 Å². The summed E-state index contributed by atoms with van der Waals surface area (Å²) in [5.41, 5.74) is 9.31. The highest BCUT2D eigenvalue weighted by molar-refractivity contribution is 7.09. The van der Waals surface area contributed by atoms with Crippen molar-refractivity contribution >= 4 is 46.0 Å². The van der Waals surface area contributed by atoms with Gasteiger partial charge in [-0.05, 0) is 72.9 Å². The van der Waals surface area contributed by atoms with Crippen LogP contribution in [0.1, 0.15) is 46.5 Å². The molecule has 38 heavy (non-hydrogen) atoms. The molecule has 0 saturated carbocycles. The van der Waals surface area contributed by atoms with Crippen LogP contribution in [-0.4, -0.2) is 30.9 Å². The average molecular weight is 526 g/mol. The molecule has 2 aromatic carbocycles. The number of rotatable bonds is 7. The van der Waals surface area contributed by atoms with Crippen LogP contribution in [0, 0.1) is 11.4 Å². The SMILES string of the molecule is NC(=O)COc1cc(C(=O)N2CCCCc3sc#cc32)ccc1NC(=O)C1=C(c2ccccc2)CCC=C1. The van der Waals surface area contributed by atoms with Gasteiger partial charge in [0.05, 0.1) is 5.69 Å². The van der Waals surface area contributed by atoms with Crippen molar-refractivity contribution in [1.82, 2.24) is 0 Å². The molecule has 3 aromatic rings. The van der Waals surface area contributed by atoms with Crippen molar-refractivity contribution in [3.63, 3.8) is 0 Å². The Labute approximate surface area is 225 Å². The van der Waals surface area contributed by atoms with Gasteiger partial charge in [-0.2, -0.15) is 0 Å². The van der Waals surface area contributed by atoms with Crippen molar-refractivity contribution in [2.24, 2.45) is 5.73 Å². The standard InChI is InChI=1S/C30H27N3O4S/c31-28(34)19-37-26-18-21(30(36)33-16-7-6-12-27-25(33)15-17-38-27)13-14-24(26)32-29(35)23-11-5-4-10-22(23)20-8-2-1-3-9-20/h1-3,5,8-9,11,13-14,18H,4,6-7,10,12,16,19H2,(H2,31,34)(H,32,35). The lowest BCUT2D eigenvalue weighted by Crippen LogP contribution is -2.31. The Balaban J connectivity index is 1.45. The molecule has 5 rings (SSSR count). The minimum absolute atomic E-state index is 0.195. The van der Waals surface area contributed by atoms with E-state index < -0.39 is 5.91 Å². The van der Waals surface area contributed by atoms with E-state index in [4.69, 9.17) is 10.5 Å². The second-order valence-electron chi connectivity index (χ2n) is 9.13. The second kappa shape index (κ2) is 11.4. The van der Waals surface area contributed by atoms with Gasteiger partial charge in [-0.15, -0.1) is 0 Å². The monoisotopic (exact) mass is 525 g/mol. The van der Waals surface area contributed by atoms with Crippen molar-refractivity contribution < 1.29 is 19.1 Å². The molecule has 0 unspecified atom stereocenters. The van der Waals surface area contributed by atoms with Gasteiger partial charge in [-0.25, -0.2) is 0 Å². The van der Waals surface area contributed by atoms with E-state index >= 15 is 0 Å². The molecule has 0 fully saturated rings. The lowest BCUT2D eigenvalue weighted by molar-refractivity contribution is -0.119. The Kier molecular flexibility index (Phi) is 7.57. The lowest BCUT2D eigenvalue weighted by atomic mass is 9.91. The Morgan fingerprint density at radius 3 is 2.74 bits per heavy atom. The second-order valence-corrected chi connectivity index (χ2v) is 10.0. The van der Waals surface area contributed by atoms with Crippen LogP contribution in [0.25, 0.3) is 5.57 Å². The summed E-state index contributed by atoms with van der Waals surface area (Å²) in [5.74, 6) is -0.977. The number of ether oxygens (including phenoxy) is 1. The molecule has 0 radical (unpaired) electrons. The summed E-state index contributed by atoms with van der Waals surface area (Å²) in [5, 5.41) is 5.93. The van der Waals surface area contributed by atoms with Crippen molar-refractivity contribution in [2.75, 3.05) is 23.4 Å². The number of amides is 3. The van der Waals surface area contributed by atoms with E-state index in [1.165, 1.54) is 11.3 Å². The number of nitrogens with two attached hydrogens (primary N) is 1. The number of allylic oxidation sites excluding steroid dienone is 2. The number of hydrogen-bond acceptors (Lipinski definition) is 5. The third-order valence-electron chi connectivity index (χ3n) is 6.54. The highest BCUT2D eigenvalue weighted by atomic mass is 32.1. The number of aryl methyl sites for hydroxylation is 1. The smallest absolute Gasteiger partial charge is 0.258 e. The van der Waals surface area contributed by atoms with Crippen molar-refractivity contribution in [3.8, 4) is 5.75 Å². The highest BCUT2D eigenvalue weighted by Gasteiger charge is 2.25. The van der Waals surface area contributed by atoms with E-state index in [2.05, 4.69) is 16.8 Å². The molecule has 1 aromatic heterocycles. The maximum absolute atomic E-state index is 13.5. The third-order valence-corrected chi connectivity index (χ3v) is 7.39. The molecule has 3 N–H and O–H groups in total. The van der Waals surface area contributed by atoms with E-state index in [0.717, 1.165) is 53.8 Å². The fraction of sp³-hybridized carbons (Fsp3) is 0.233. The molecule has 0 saturated heterocycles. The van der Waals surface area contributed by atoms with Crippen LogP contribution in [-0.2, 0) is 16.0 Å². The number of anilines is 2. The van der Waals surface area contributed by atoms with Gasteiger partial charge < -0.3 is 20.7 Å². The summed E-state index contributed by atoms with van der Waals surface area (Å²) >= 11 is 1.48. The first kappa shape index (κ1) is 25.3. The van der Waals surface area contributed by atoms with E-state index in [0.29, 0.717) is 23.4 Å². The number of carbonyl (C=O) groups excluding carboxylic acids is 3. The zero-order valence-electron chi connectivity index (χ0n) is 20.8. The number of hydrogen-bond donors (Lipinski definition) is 2. The van der Waals surface area contributed by atoms with Crippen molar-refractivity contribution in [3.05, 3.63) is 93.7 Å². The molecule has 7 nitrogen and oxygen atoms in total. The van der Waals surface area contributed by atoms with Crippen LogP contribution in [0.4, 0.5) is 11.4 Å². The predicted molar refractivity (Wildman–Crippen MR) is 148 cm³/mol. The minimum atomic E-state index is -0.663. The normalized spacial score (nSPS) is 14.8. The molecule has 0 atom stereocenters. The van der Waals surface area contributed by atoms with Crippen LogP contribution >= 0.6 is 11.3 Å². The van der Waals surface area contributed by atoms with Gasteiger partial charge in [0.1, 0.15) is 11.4 Å². The summed E-state index contributed by atoms with van der Waals surface area (Å²) in [4.78, 5) is 41.2. The zero-order valence-corrected chi connectivity index (χ0v) is 21.6. The maximum atomic E-state index is 13.5. The van der Waals surface area contributed by atoms with Gasteiger partial charge in [0.25, 0.3) is 17.7 Å². The summed E-state index contributed by atoms with van der Waals surface area (Å²) < 4.78 is 5.65. The quantitative estimate of drug-likeness (QED) is 0.456. The van der Waals surface area contributed by atoms with Gasteiger partial charge >= 0.3 is 0 Å². The number of fused-ring (bicyclic) bond motifs is 1. The predicted octanol–water partition coefficient (Wildman–Crippen LogP) is 4.94. The van der Waals surface area contributed by atoms with Crippen LogP contribution in [0.15, 0.2) is 66.3 Å². The first-order valence-electron chi connectivity index (χ1n) is 12.6. The Bertz CT molecular complexity index is 1420. The molecule has 1 aliphatic heterocycles. The van der Waals surface area contributed by atoms with E-state index in [9.17, 15) is 14.4 Å². The average Bonchev–Trinajstić information content (AvgIpc) is 3.31. The summed E-state index contributed by atoms with van der Waals surface area (Å²) in [6.45, 7) is 0.186. The number of primary amides is 1. The minimum Gasteiger partial charge on any atom is -0.482 e. The third kappa shape index (κ3) is 5.48. The molecule has 192 valence electrons. The Morgan fingerprint density at radius 2 is 1.92 bits per heavy atom. The highest BCUT2D eigenvalue weighted by Crippen LogP contribution is 2.33. The maximum Gasteiger partial charge on any atom is 0.258 e. The van der Waals surface area contributed by atoms with Gasteiger partial charge in [0, 0.05) is 22.6 Å². The van der Waals surface area contributed by atoms with Gasteiger partial charge in [0.2, 0.25) is 0 Å². The Morgan fingerprint density at radius 1 is 1.08 bits per heavy atom. The van der Waals surface area contributed by atoms with Gasteiger partial charge in [0.15, 0.2) is 6.61 Å². The fourth-order valence-corrected chi connectivity index (χ4v) is 5.47. The van der Waals surface area contributed by atoms with Crippen molar-refractivity contribution in [2.45, 2.75) is 32.1 Å². The van der Waals surface area contributed by atoms with E-state index in [1.807, 2.05) is 42.5 Å². The number of nitrogens with zero attached hydrogens (tertiary/aromatic N) is 1. The summed E-state index contributed by atoms with van der Waals surface area (Å²) in [7, 11) is 0.